The largest absolute Gasteiger partial charge is 0.508 e. The number of halogens is 1. The fourth-order valence-corrected chi connectivity index (χ4v) is 2.60. The molecule has 1 unspecified atom stereocenters. The molecule has 2 aliphatic rings. The van der Waals surface area contributed by atoms with Crippen molar-refractivity contribution in [1.29, 1.82) is 0 Å². The van der Waals surface area contributed by atoms with E-state index < -0.39 is 0 Å². The highest BCUT2D eigenvalue weighted by Gasteiger charge is 2.32. The normalized spacial score (nSPS) is 27.5. The van der Waals surface area contributed by atoms with Gasteiger partial charge in [-0.25, -0.2) is 0 Å². The van der Waals surface area contributed by atoms with Crippen molar-refractivity contribution < 1.29 is 9.84 Å². The van der Waals surface area contributed by atoms with Gasteiger partial charge in [-0.2, -0.15) is 0 Å². The zero-order valence-electron chi connectivity index (χ0n) is 8.98. The second-order valence-electron chi connectivity index (χ2n) is 4.27. The fraction of sp³-hybridized carbons (Fsp3) is 0.500. The van der Waals surface area contributed by atoms with E-state index >= 15 is 0 Å². The number of fused-ring (bicyclic) bond motifs is 3. The summed E-state index contributed by atoms with van der Waals surface area (Å²) in [5, 5.41) is 13.0. The Kier molecular flexibility index (Phi) is 3.38. The molecule has 0 radical (unpaired) electrons. The van der Waals surface area contributed by atoms with Crippen LogP contribution in [-0.4, -0.2) is 24.3 Å². The van der Waals surface area contributed by atoms with Crippen LogP contribution in [0.3, 0.4) is 0 Å². The molecule has 0 aromatic heterocycles. The Balaban J connectivity index is 0.000000963. The number of phenolic OH excluding ortho intramolecular Hbond substituents is 1. The molecule has 1 fully saturated rings. The van der Waals surface area contributed by atoms with Crippen LogP contribution in [0.1, 0.15) is 23.7 Å². The Morgan fingerprint density at radius 2 is 2.25 bits per heavy atom. The highest BCUT2D eigenvalue weighted by Crippen LogP contribution is 2.35. The van der Waals surface area contributed by atoms with Crippen LogP contribution in [0.5, 0.6) is 5.75 Å². The molecule has 0 bridgehead atoms. The Bertz CT molecular complexity index is 383. The van der Waals surface area contributed by atoms with Gasteiger partial charge in [-0.3, -0.25) is 0 Å². The lowest BCUT2D eigenvalue weighted by Gasteiger charge is -2.37. The van der Waals surface area contributed by atoms with Crippen LogP contribution in [0, 0.1) is 0 Å². The lowest BCUT2D eigenvalue weighted by molar-refractivity contribution is -0.0128. The van der Waals surface area contributed by atoms with Crippen LogP contribution in [-0.2, 0) is 11.2 Å². The van der Waals surface area contributed by atoms with Crippen molar-refractivity contribution in [3.8, 4) is 5.75 Å². The van der Waals surface area contributed by atoms with Gasteiger partial charge in [0.2, 0.25) is 0 Å². The van der Waals surface area contributed by atoms with E-state index in [2.05, 4.69) is 5.32 Å². The number of phenols is 1. The SMILES string of the molecule is Cl.Oc1ccc2c(c1)C1OCCN[C@H]1CC2. The Hall–Kier alpha value is -0.770. The summed E-state index contributed by atoms with van der Waals surface area (Å²) in [7, 11) is 0. The average Bonchev–Trinajstić information content (AvgIpc) is 2.29. The van der Waals surface area contributed by atoms with Crippen molar-refractivity contribution >= 4 is 12.4 Å². The molecule has 16 heavy (non-hydrogen) atoms. The fourth-order valence-electron chi connectivity index (χ4n) is 2.60. The van der Waals surface area contributed by atoms with E-state index in [9.17, 15) is 5.11 Å². The van der Waals surface area contributed by atoms with E-state index in [0.29, 0.717) is 11.8 Å². The van der Waals surface area contributed by atoms with Crippen LogP contribution >= 0.6 is 12.4 Å². The van der Waals surface area contributed by atoms with Crippen molar-refractivity contribution in [1.82, 2.24) is 5.32 Å². The molecule has 1 aliphatic carbocycles. The molecule has 3 rings (SSSR count). The van der Waals surface area contributed by atoms with Crippen molar-refractivity contribution in [3.63, 3.8) is 0 Å². The summed E-state index contributed by atoms with van der Waals surface area (Å²) in [6.45, 7) is 1.70. The lowest BCUT2D eigenvalue weighted by Crippen LogP contribution is -2.45. The number of benzene rings is 1. The summed E-state index contributed by atoms with van der Waals surface area (Å²) >= 11 is 0. The van der Waals surface area contributed by atoms with E-state index in [-0.39, 0.29) is 18.5 Å². The minimum absolute atomic E-state index is 0. The molecule has 3 nitrogen and oxygen atoms in total. The van der Waals surface area contributed by atoms with Gasteiger partial charge < -0.3 is 15.2 Å². The third-order valence-electron chi connectivity index (χ3n) is 3.33. The quantitative estimate of drug-likeness (QED) is 0.728. The molecule has 1 aromatic rings. The minimum Gasteiger partial charge on any atom is -0.508 e. The first-order valence-electron chi connectivity index (χ1n) is 5.51. The predicted octanol–water partition coefficient (Wildman–Crippen LogP) is 1.79. The van der Waals surface area contributed by atoms with Gasteiger partial charge in [-0.1, -0.05) is 6.07 Å². The number of hydrogen-bond donors (Lipinski definition) is 2. The number of rotatable bonds is 0. The van der Waals surface area contributed by atoms with E-state index in [4.69, 9.17) is 4.74 Å². The third kappa shape index (κ3) is 1.90. The van der Waals surface area contributed by atoms with Crippen LogP contribution in [0.15, 0.2) is 18.2 Å². The summed E-state index contributed by atoms with van der Waals surface area (Å²) in [6.07, 6.45) is 2.34. The van der Waals surface area contributed by atoms with Gasteiger partial charge >= 0.3 is 0 Å². The van der Waals surface area contributed by atoms with Crippen molar-refractivity contribution in [2.75, 3.05) is 13.2 Å². The highest BCUT2D eigenvalue weighted by atomic mass is 35.5. The van der Waals surface area contributed by atoms with Gasteiger partial charge in [0, 0.05) is 12.6 Å². The summed E-state index contributed by atoms with van der Waals surface area (Å²) in [5.41, 5.74) is 2.48. The predicted molar refractivity (Wildman–Crippen MR) is 64.2 cm³/mol. The number of hydrogen-bond acceptors (Lipinski definition) is 3. The molecular weight excluding hydrogens is 226 g/mol. The van der Waals surface area contributed by atoms with Crippen LogP contribution in [0.25, 0.3) is 0 Å². The van der Waals surface area contributed by atoms with Crippen molar-refractivity contribution in [2.45, 2.75) is 25.0 Å². The number of ether oxygens (including phenoxy) is 1. The molecular formula is C12H16ClNO2. The first kappa shape index (κ1) is 11.7. The summed E-state index contributed by atoms with van der Waals surface area (Å²) in [6, 6.07) is 6.04. The molecule has 2 N–H and O–H groups in total. The molecule has 1 aromatic carbocycles. The van der Waals surface area contributed by atoms with Crippen LogP contribution in [0.2, 0.25) is 0 Å². The van der Waals surface area contributed by atoms with E-state index in [0.717, 1.165) is 26.0 Å². The molecule has 0 saturated carbocycles. The van der Waals surface area contributed by atoms with Gasteiger partial charge in [0.05, 0.1) is 12.7 Å². The zero-order chi connectivity index (χ0) is 10.3. The molecule has 1 saturated heterocycles. The molecule has 4 heteroatoms. The lowest BCUT2D eigenvalue weighted by atomic mass is 9.85. The maximum Gasteiger partial charge on any atom is 0.115 e. The topological polar surface area (TPSA) is 41.5 Å². The smallest absolute Gasteiger partial charge is 0.115 e. The monoisotopic (exact) mass is 241 g/mol. The summed E-state index contributed by atoms with van der Waals surface area (Å²) in [4.78, 5) is 0. The third-order valence-corrected chi connectivity index (χ3v) is 3.33. The maximum atomic E-state index is 9.50. The molecule has 0 amide bonds. The first-order chi connectivity index (χ1) is 7.34. The molecule has 1 heterocycles. The second-order valence-corrected chi connectivity index (χ2v) is 4.27. The second kappa shape index (κ2) is 4.62. The van der Waals surface area contributed by atoms with Gasteiger partial charge in [0.15, 0.2) is 0 Å². The van der Waals surface area contributed by atoms with Gasteiger partial charge in [-0.05, 0) is 36.1 Å². The Labute approximate surface area is 101 Å². The number of aromatic hydroxyl groups is 1. The van der Waals surface area contributed by atoms with Crippen molar-refractivity contribution in [3.05, 3.63) is 29.3 Å². The molecule has 0 spiro atoms. The Morgan fingerprint density at radius 3 is 3.12 bits per heavy atom. The average molecular weight is 242 g/mol. The molecule has 1 aliphatic heterocycles. The van der Waals surface area contributed by atoms with Crippen molar-refractivity contribution in [2.24, 2.45) is 0 Å². The van der Waals surface area contributed by atoms with Gasteiger partial charge in [-0.15, -0.1) is 12.4 Å². The number of morpholine rings is 1. The standard InChI is InChI=1S/C12H15NO2.ClH/c14-9-3-1-8-2-4-11-12(10(8)7-9)15-6-5-13-11;/h1,3,7,11-14H,2,4-6H2;1H/t11-,12?;/m0./s1. The highest BCUT2D eigenvalue weighted by molar-refractivity contribution is 5.85. The van der Waals surface area contributed by atoms with Crippen LogP contribution in [0.4, 0.5) is 0 Å². The van der Waals surface area contributed by atoms with E-state index in [1.807, 2.05) is 12.1 Å². The summed E-state index contributed by atoms with van der Waals surface area (Å²) in [5.74, 6) is 0.337. The molecule has 88 valence electrons. The van der Waals surface area contributed by atoms with E-state index in [1.54, 1.807) is 6.07 Å². The van der Waals surface area contributed by atoms with Gasteiger partial charge in [0.1, 0.15) is 5.75 Å². The van der Waals surface area contributed by atoms with Gasteiger partial charge in [0.25, 0.3) is 0 Å². The Morgan fingerprint density at radius 1 is 1.38 bits per heavy atom. The molecule has 2 atom stereocenters. The first-order valence-corrected chi connectivity index (χ1v) is 5.51. The zero-order valence-corrected chi connectivity index (χ0v) is 9.80. The van der Waals surface area contributed by atoms with Crippen LogP contribution < -0.4 is 5.32 Å². The van der Waals surface area contributed by atoms with E-state index in [1.165, 1.54) is 11.1 Å². The number of aryl methyl sites for hydroxylation is 1. The number of nitrogens with one attached hydrogen (secondary N) is 1. The minimum atomic E-state index is 0. The maximum absolute atomic E-state index is 9.50. The summed E-state index contributed by atoms with van der Waals surface area (Å²) < 4.78 is 5.79.